The smallest absolute Gasteiger partial charge is 0.410 e. The fourth-order valence-corrected chi connectivity index (χ4v) is 3.16. The first-order chi connectivity index (χ1) is 13.7. The summed E-state index contributed by atoms with van der Waals surface area (Å²) < 4.78 is 25.9. The average Bonchev–Trinajstić information content (AvgIpc) is 2.65. The minimum atomic E-state index is -0.512. The van der Waals surface area contributed by atoms with Crippen LogP contribution in [0.2, 0.25) is 0 Å². The summed E-state index contributed by atoms with van der Waals surface area (Å²) in [5, 5.41) is 0. The summed E-state index contributed by atoms with van der Waals surface area (Å²) in [6, 6.07) is 9.28. The molecule has 1 aliphatic heterocycles. The standard InChI is InChI=1S/C22H27FN2O4/c1-22(2,3)29-21(27)24-11-8-18(9-12-24)28-19-10-13-25(20(26)14-19)15-16-4-6-17(23)7-5-16/h4-7,10,13-14,18H,8-9,11-12,15H2,1-3H3. The summed E-state index contributed by atoms with van der Waals surface area (Å²) in [5.74, 6) is 0.212. The molecule has 1 fully saturated rings. The molecule has 7 heteroatoms. The van der Waals surface area contributed by atoms with E-state index in [1.807, 2.05) is 20.8 Å². The molecular weight excluding hydrogens is 375 g/mol. The Morgan fingerprint density at radius 3 is 2.38 bits per heavy atom. The number of benzene rings is 1. The predicted octanol–water partition coefficient (Wildman–Crippen LogP) is 3.81. The molecule has 1 amide bonds. The predicted molar refractivity (Wildman–Crippen MR) is 108 cm³/mol. The van der Waals surface area contributed by atoms with Gasteiger partial charge in [-0.15, -0.1) is 0 Å². The molecule has 0 bridgehead atoms. The van der Waals surface area contributed by atoms with Crippen LogP contribution < -0.4 is 10.3 Å². The quantitative estimate of drug-likeness (QED) is 0.780. The maximum absolute atomic E-state index is 13.0. The van der Waals surface area contributed by atoms with E-state index in [9.17, 15) is 14.0 Å². The van der Waals surface area contributed by atoms with Crippen molar-refractivity contribution in [3.8, 4) is 5.75 Å². The lowest BCUT2D eigenvalue weighted by Crippen LogP contribution is -2.44. The molecule has 2 heterocycles. The van der Waals surface area contributed by atoms with Crippen molar-refractivity contribution in [3.05, 3.63) is 64.3 Å². The van der Waals surface area contributed by atoms with Gasteiger partial charge in [0.15, 0.2) is 0 Å². The highest BCUT2D eigenvalue weighted by Gasteiger charge is 2.27. The van der Waals surface area contributed by atoms with Gasteiger partial charge in [-0.1, -0.05) is 12.1 Å². The Balaban J connectivity index is 1.54. The van der Waals surface area contributed by atoms with Crippen molar-refractivity contribution < 1.29 is 18.7 Å². The molecule has 1 aromatic heterocycles. The summed E-state index contributed by atoms with van der Waals surface area (Å²) in [4.78, 5) is 26.2. The Kier molecular flexibility index (Phi) is 6.25. The number of hydrogen-bond acceptors (Lipinski definition) is 4. The molecule has 2 aromatic rings. The molecule has 1 aliphatic rings. The van der Waals surface area contributed by atoms with Gasteiger partial charge in [0.05, 0.1) is 6.54 Å². The zero-order chi connectivity index (χ0) is 21.0. The molecule has 156 valence electrons. The number of amides is 1. The number of piperidine rings is 1. The number of rotatable bonds is 4. The van der Waals surface area contributed by atoms with E-state index in [-0.39, 0.29) is 23.6 Å². The fraction of sp³-hybridized carbons (Fsp3) is 0.455. The van der Waals surface area contributed by atoms with Gasteiger partial charge in [-0.25, -0.2) is 9.18 Å². The SMILES string of the molecule is CC(C)(C)OC(=O)N1CCC(Oc2ccn(Cc3ccc(F)cc3)c(=O)c2)CC1. The number of aromatic nitrogens is 1. The topological polar surface area (TPSA) is 60.8 Å². The molecule has 0 atom stereocenters. The fourth-order valence-electron chi connectivity index (χ4n) is 3.16. The van der Waals surface area contributed by atoms with Crippen molar-refractivity contribution >= 4 is 6.09 Å². The van der Waals surface area contributed by atoms with Gasteiger partial charge in [0, 0.05) is 38.2 Å². The molecule has 1 saturated heterocycles. The lowest BCUT2D eigenvalue weighted by atomic mass is 10.1. The van der Waals surface area contributed by atoms with E-state index in [1.165, 1.54) is 18.2 Å². The molecule has 0 saturated carbocycles. The lowest BCUT2D eigenvalue weighted by molar-refractivity contribution is 0.0126. The van der Waals surface area contributed by atoms with Crippen molar-refractivity contribution in [2.24, 2.45) is 0 Å². The normalized spacial score (nSPS) is 15.2. The van der Waals surface area contributed by atoms with Crippen LogP contribution >= 0.6 is 0 Å². The van der Waals surface area contributed by atoms with Crippen LogP contribution in [0.3, 0.4) is 0 Å². The summed E-state index contributed by atoms with van der Waals surface area (Å²) in [7, 11) is 0. The zero-order valence-corrected chi connectivity index (χ0v) is 17.1. The van der Waals surface area contributed by atoms with Crippen LogP contribution in [0.25, 0.3) is 0 Å². The van der Waals surface area contributed by atoms with E-state index < -0.39 is 5.60 Å². The van der Waals surface area contributed by atoms with Crippen LogP contribution in [0.1, 0.15) is 39.2 Å². The zero-order valence-electron chi connectivity index (χ0n) is 17.1. The number of ether oxygens (including phenoxy) is 2. The number of halogens is 1. The van der Waals surface area contributed by atoms with Crippen molar-refractivity contribution in [2.45, 2.75) is 51.9 Å². The third-order valence-corrected chi connectivity index (χ3v) is 4.63. The second-order valence-corrected chi connectivity index (χ2v) is 8.24. The first kappa shape index (κ1) is 20.9. The molecule has 1 aromatic carbocycles. The monoisotopic (exact) mass is 402 g/mol. The van der Waals surface area contributed by atoms with Crippen LogP contribution in [0.15, 0.2) is 47.4 Å². The molecule has 3 rings (SSSR count). The van der Waals surface area contributed by atoms with Gasteiger partial charge in [0.2, 0.25) is 0 Å². The average molecular weight is 402 g/mol. The van der Waals surface area contributed by atoms with E-state index in [0.29, 0.717) is 38.2 Å². The third kappa shape index (κ3) is 6.07. The number of likely N-dealkylation sites (tertiary alicyclic amines) is 1. The minimum Gasteiger partial charge on any atom is -0.490 e. The Labute approximate surface area is 169 Å². The molecule has 0 radical (unpaired) electrons. The second-order valence-electron chi connectivity index (χ2n) is 8.24. The molecule has 0 N–H and O–H groups in total. The molecule has 29 heavy (non-hydrogen) atoms. The maximum atomic E-state index is 13.0. The van der Waals surface area contributed by atoms with E-state index in [2.05, 4.69) is 0 Å². The number of carbonyl (C=O) groups excluding carboxylic acids is 1. The maximum Gasteiger partial charge on any atom is 0.410 e. The van der Waals surface area contributed by atoms with E-state index in [4.69, 9.17) is 9.47 Å². The number of hydrogen-bond donors (Lipinski definition) is 0. The highest BCUT2D eigenvalue weighted by molar-refractivity contribution is 5.68. The molecular formula is C22H27FN2O4. The van der Waals surface area contributed by atoms with Crippen LogP contribution in [0, 0.1) is 5.82 Å². The van der Waals surface area contributed by atoms with Crippen LogP contribution in [0.4, 0.5) is 9.18 Å². The Morgan fingerprint density at radius 2 is 1.79 bits per heavy atom. The van der Waals surface area contributed by atoms with Gasteiger partial charge in [-0.3, -0.25) is 4.79 Å². The van der Waals surface area contributed by atoms with Crippen molar-refractivity contribution in [1.29, 1.82) is 0 Å². The van der Waals surface area contributed by atoms with Crippen LogP contribution in [-0.2, 0) is 11.3 Å². The highest BCUT2D eigenvalue weighted by Crippen LogP contribution is 2.20. The Hall–Kier alpha value is -2.83. The number of carbonyl (C=O) groups is 1. The van der Waals surface area contributed by atoms with Crippen molar-refractivity contribution in [1.82, 2.24) is 9.47 Å². The number of nitrogens with zero attached hydrogens (tertiary/aromatic N) is 2. The van der Waals surface area contributed by atoms with Gasteiger partial charge in [0.1, 0.15) is 23.3 Å². The largest absolute Gasteiger partial charge is 0.490 e. The number of pyridine rings is 1. The summed E-state index contributed by atoms with van der Waals surface area (Å²) in [6.07, 6.45) is 2.67. The summed E-state index contributed by atoms with van der Waals surface area (Å²) >= 11 is 0. The third-order valence-electron chi connectivity index (χ3n) is 4.63. The second kappa shape index (κ2) is 8.68. The van der Waals surface area contributed by atoms with Gasteiger partial charge in [0.25, 0.3) is 5.56 Å². The van der Waals surface area contributed by atoms with Crippen LogP contribution in [0.5, 0.6) is 5.75 Å². The molecule has 0 unspecified atom stereocenters. The van der Waals surface area contributed by atoms with Gasteiger partial charge < -0.3 is 18.9 Å². The molecule has 0 aliphatic carbocycles. The van der Waals surface area contributed by atoms with Crippen molar-refractivity contribution in [2.75, 3.05) is 13.1 Å². The lowest BCUT2D eigenvalue weighted by Gasteiger charge is -2.33. The first-order valence-corrected chi connectivity index (χ1v) is 9.79. The van der Waals surface area contributed by atoms with E-state index in [0.717, 1.165) is 5.56 Å². The highest BCUT2D eigenvalue weighted by atomic mass is 19.1. The molecule has 6 nitrogen and oxygen atoms in total. The van der Waals surface area contributed by atoms with Crippen molar-refractivity contribution in [3.63, 3.8) is 0 Å². The summed E-state index contributed by atoms with van der Waals surface area (Å²) in [6.45, 7) is 7.02. The molecule has 0 spiro atoms. The van der Waals surface area contributed by atoms with Crippen LogP contribution in [-0.4, -0.2) is 40.4 Å². The van der Waals surface area contributed by atoms with Gasteiger partial charge in [-0.2, -0.15) is 0 Å². The van der Waals surface area contributed by atoms with Gasteiger partial charge in [-0.05, 0) is 44.5 Å². The Morgan fingerprint density at radius 1 is 1.14 bits per heavy atom. The Bertz CT molecular complexity index is 894. The van der Waals surface area contributed by atoms with Gasteiger partial charge >= 0.3 is 6.09 Å². The first-order valence-electron chi connectivity index (χ1n) is 9.79. The minimum absolute atomic E-state index is 0.0546. The van der Waals surface area contributed by atoms with E-state index >= 15 is 0 Å². The summed E-state index contributed by atoms with van der Waals surface area (Å²) in [5.41, 5.74) is 0.150. The van der Waals surface area contributed by atoms with E-state index in [1.54, 1.807) is 33.9 Å².